The van der Waals surface area contributed by atoms with Crippen molar-refractivity contribution in [1.82, 2.24) is 0 Å². The molecule has 0 radical (unpaired) electrons. The molecule has 4 aromatic rings. The Hall–Kier alpha value is -4.27. The maximum Gasteiger partial charge on any atom is 0.0724 e. The molecule has 0 N–H and O–H groups in total. The van der Waals surface area contributed by atoms with Gasteiger partial charge in [0, 0.05) is 34.0 Å². The summed E-state index contributed by atoms with van der Waals surface area (Å²) in [6.07, 6.45) is 17.5. The van der Waals surface area contributed by atoms with Crippen molar-refractivity contribution in [2.24, 2.45) is 0 Å². The summed E-state index contributed by atoms with van der Waals surface area (Å²) in [5, 5.41) is 0.760. The molecule has 0 aromatic heterocycles. The Morgan fingerprint density at radius 1 is 0.615 bits per heavy atom. The second-order valence-electron chi connectivity index (χ2n) is 9.76. The van der Waals surface area contributed by atoms with Crippen LogP contribution in [0.15, 0.2) is 151 Å². The van der Waals surface area contributed by atoms with Crippen LogP contribution in [0.3, 0.4) is 0 Å². The molecule has 0 bridgehead atoms. The third-order valence-electron chi connectivity index (χ3n) is 7.18. The molecule has 0 aliphatic heterocycles. The lowest BCUT2D eigenvalue weighted by Gasteiger charge is -2.32. The molecule has 0 saturated heterocycles. The Labute approximate surface area is 236 Å². The number of hydrogen-bond acceptors (Lipinski definition) is 2. The van der Waals surface area contributed by atoms with Gasteiger partial charge >= 0.3 is 0 Å². The highest BCUT2D eigenvalue weighted by atomic mass is 35.5. The molecule has 39 heavy (non-hydrogen) atoms. The highest BCUT2D eigenvalue weighted by Crippen LogP contribution is 2.42. The number of benzene rings is 4. The first-order valence-corrected chi connectivity index (χ1v) is 14.0. The van der Waals surface area contributed by atoms with Gasteiger partial charge in [0.1, 0.15) is 0 Å². The molecule has 2 nitrogen and oxygen atoms in total. The highest BCUT2D eigenvalue weighted by molar-refractivity contribution is 6.36. The Bertz CT molecular complexity index is 1520. The molecule has 0 amide bonds. The number of rotatable bonds is 7. The third kappa shape index (κ3) is 5.34. The fourth-order valence-corrected chi connectivity index (χ4v) is 5.65. The van der Waals surface area contributed by atoms with E-state index in [0.717, 1.165) is 64.6 Å². The van der Waals surface area contributed by atoms with Gasteiger partial charge in [-0.3, -0.25) is 0 Å². The van der Waals surface area contributed by atoms with Crippen molar-refractivity contribution in [3.05, 3.63) is 156 Å². The molecule has 0 atom stereocenters. The monoisotopic (exact) mass is 526 g/mol. The van der Waals surface area contributed by atoms with E-state index in [1.54, 1.807) is 0 Å². The standard InChI is InChI=1S/C36H31ClN2/c37-36-34(25-14-26-35(36)39(31-20-9-3-10-21-31)32-22-11-4-12-23-32)28-15-13-24-33(27-28)38(29-16-5-1-6-17-29)30-18-7-2-8-19-30/h1-3,5-9,11,13-20,22-27H,4,10,12,21H2. The summed E-state index contributed by atoms with van der Waals surface area (Å²) in [6.45, 7) is 0. The summed E-state index contributed by atoms with van der Waals surface area (Å²) in [4.78, 5) is 4.62. The molecule has 0 unspecified atom stereocenters. The molecule has 3 heteroatoms. The fraction of sp³-hybridized carbons (Fsp3) is 0.111. The number of halogens is 1. The highest BCUT2D eigenvalue weighted by Gasteiger charge is 2.22. The van der Waals surface area contributed by atoms with Crippen LogP contribution < -0.4 is 9.80 Å². The zero-order valence-electron chi connectivity index (χ0n) is 21.9. The molecular weight excluding hydrogens is 496 g/mol. The lowest BCUT2D eigenvalue weighted by Crippen LogP contribution is -2.22. The van der Waals surface area contributed by atoms with E-state index >= 15 is 0 Å². The van der Waals surface area contributed by atoms with E-state index in [9.17, 15) is 0 Å². The van der Waals surface area contributed by atoms with Crippen molar-refractivity contribution < 1.29 is 0 Å². The van der Waals surface area contributed by atoms with Crippen LogP contribution in [-0.2, 0) is 0 Å². The molecule has 0 heterocycles. The SMILES string of the molecule is Clc1c(-c2cccc(N(c3ccccc3)c3ccccc3)c2)cccc1N(C1=CCCC=C1)C1=CC=CCC1. The van der Waals surface area contributed by atoms with Crippen LogP contribution in [0.2, 0.25) is 5.02 Å². The largest absolute Gasteiger partial charge is 0.313 e. The van der Waals surface area contributed by atoms with Crippen LogP contribution in [0.4, 0.5) is 22.7 Å². The summed E-state index contributed by atoms with van der Waals surface area (Å²) in [5.41, 5.74) is 8.89. The minimum atomic E-state index is 0.760. The molecule has 2 aliphatic rings. The number of allylic oxidation sites excluding steroid dienone is 7. The van der Waals surface area contributed by atoms with Gasteiger partial charge in [-0.2, -0.15) is 0 Å². The minimum absolute atomic E-state index is 0.760. The number of nitrogens with zero attached hydrogens (tertiary/aromatic N) is 2. The van der Waals surface area contributed by atoms with Crippen LogP contribution in [0.25, 0.3) is 11.1 Å². The Kier molecular flexibility index (Phi) is 7.47. The molecule has 0 spiro atoms. The molecule has 2 aliphatic carbocycles. The van der Waals surface area contributed by atoms with Crippen LogP contribution in [0, 0.1) is 0 Å². The maximum atomic E-state index is 7.29. The Morgan fingerprint density at radius 2 is 1.33 bits per heavy atom. The summed E-state index contributed by atoms with van der Waals surface area (Å²) in [7, 11) is 0. The average molecular weight is 527 g/mol. The van der Waals surface area contributed by atoms with E-state index in [1.807, 2.05) is 0 Å². The predicted octanol–water partition coefficient (Wildman–Crippen LogP) is 10.8. The first-order valence-electron chi connectivity index (χ1n) is 13.6. The van der Waals surface area contributed by atoms with Crippen molar-refractivity contribution in [3.8, 4) is 11.1 Å². The topological polar surface area (TPSA) is 6.48 Å². The smallest absolute Gasteiger partial charge is 0.0724 e. The van der Waals surface area contributed by atoms with E-state index < -0.39 is 0 Å². The first-order chi connectivity index (χ1) is 19.3. The zero-order valence-corrected chi connectivity index (χ0v) is 22.6. The van der Waals surface area contributed by atoms with Crippen LogP contribution >= 0.6 is 11.6 Å². The average Bonchev–Trinajstić information content (AvgIpc) is 3.01. The third-order valence-corrected chi connectivity index (χ3v) is 7.57. The normalized spacial score (nSPS) is 14.5. The fourth-order valence-electron chi connectivity index (χ4n) is 5.33. The second-order valence-corrected chi connectivity index (χ2v) is 10.1. The van der Waals surface area contributed by atoms with Crippen molar-refractivity contribution in [2.75, 3.05) is 9.80 Å². The lowest BCUT2D eigenvalue weighted by atomic mass is 10.0. The Morgan fingerprint density at radius 3 is 2.00 bits per heavy atom. The minimum Gasteiger partial charge on any atom is -0.313 e. The van der Waals surface area contributed by atoms with E-state index in [0.29, 0.717) is 0 Å². The van der Waals surface area contributed by atoms with Gasteiger partial charge in [0.05, 0.1) is 10.7 Å². The van der Waals surface area contributed by atoms with Crippen LogP contribution in [0.5, 0.6) is 0 Å². The van der Waals surface area contributed by atoms with E-state index in [-0.39, 0.29) is 0 Å². The van der Waals surface area contributed by atoms with Gasteiger partial charge in [-0.15, -0.1) is 0 Å². The van der Waals surface area contributed by atoms with Crippen molar-refractivity contribution in [1.29, 1.82) is 0 Å². The van der Waals surface area contributed by atoms with Crippen LogP contribution in [-0.4, -0.2) is 0 Å². The van der Waals surface area contributed by atoms with Crippen molar-refractivity contribution in [2.45, 2.75) is 25.7 Å². The summed E-state index contributed by atoms with van der Waals surface area (Å²) in [6, 6.07) is 36.0. The molecule has 0 fully saturated rings. The zero-order chi connectivity index (χ0) is 26.4. The van der Waals surface area contributed by atoms with Gasteiger partial charge in [0.15, 0.2) is 0 Å². The van der Waals surface area contributed by atoms with E-state index in [2.05, 4.69) is 149 Å². The van der Waals surface area contributed by atoms with Gasteiger partial charge in [-0.25, -0.2) is 0 Å². The van der Waals surface area contributed by atoms with E-state index in [1.165, 1.54) is 11.4 Å². The summed E-state index contributed by atoms with van der Waals surface area (Å²) < 4.78 is 0. The van der Waals surface area contributed by atoms with Gasteiger partial charge in [-0.1, -0.05) is 96.6 Å². The predicted molar refractivity (Wildman–Crippen MR) is 167 cm³/mol. The summed E-state index contributed by atoms with van der Waals surface area (Å²) >= 11 is 7.29. The second kappa shape index (κ2) is 11.6. The first kappa shape index (κ1) is 25.0. The number of hydrogen-bond donors (Lipinski definition) is 0. The molecule has 0 saturated carbocycles. The van der Waals surface area contributed by atoms with Gasteiger partial charge in [-0.05, 0) is 85.9 Å². The van der Waals surface area contributed by atoms with E-state index in [4.69, 9.17) is 11.6 Å². The molecule has 192 valence electrons. The quantitative estimate of drug-likeness (QED) is 0.236. The number of anilines is 4. The van der Waals surface area contributed by atoms with Gasteiger partial charge in [0.25, 0.3) is 0 Å². The van der Waals surface area contributed by atoms with Gasteiger partial charge in [0.2, 0.25) is 0 Å². The Balaban J connectivity index is 1.44. The van der Waals surface area contributed by atoms with Crippen LogP contribution in [0.1, 0.15) is 25.7 Å². The number of para-hydroxylation sites is 2. The van der Waals surface area contributed by atoms with Gasteiger partial charge < -0.3 is 9.80 Å². The van der Waals surface area contributed by atoms with Crippen molar-refractivity contribution in [3.63, 3.8) is 0 Å². The summed E-state index contributed by atoms with van der Waals surface area (Å²) in [5.74, 6) is 0. The molecule has 6 rings (SSSR count). The lowest BCUT2D eigenvalue weighted by molar-refractivity contribution is 0.887. The molecular formula is C36H31ClN2. The molecule has 4 aromatic carbocycles. The maximum absolute atomic E-state index is 7.29. The van der Waals surface area contributed by atoms with Crippen molar-refractivity contribution >= 4 is 34.4 Å².